The number of alkyl halides is 2. The summed E-state index contributed by atoms with van der Waals surface area (Å²) in [5, 5.41) is 2.83. The maximum Gasteiger partial charge on any atom is 0.408 e. The fourth-order valence-corrected chi connectivity index (χ4v) is 20.0. The van der Waals surface area contributed by atoms with Gasteiger partial charge < -0.3 is 77.0 Å². The van der Waals surface area contributed by atoms with Gasteiger partial charge in [0.15, 0.2) is 5.69 Å². The maximum atomic E-state index is 16.5. The first kappa shape index (κ1) is 90.5. The van der Waals surface area contributed by atoms with E-state index in [1.807, 2.05) is 95.0 Å². The van der Waals surface area contributed by atoms with Gasteiger partial charge in [0.2, 0.25) is 35.4 Å². The van der Waals surface area contributed by atoms with Crippen molar-refractivity contribution in [3.05, 3.63) is 71.7 Å². The van der Waals surface area contributed by atoms with E-state index < -0.39 is 173 Å². The molecule has 33 heteroatoms. The van der Waals surface area contributed by atoms with E-state index in [4.69, 9.17) is 53.6 Å². The number of methoxy groups -OCH3 is 3. The van der Waals surface area contributed by atoms with Gasteiger partial charge in [-0.05, 0) is 190 Å². The third-order valence-corrected chi connectivity index (χ3v) is 28.3. The number of esters is 2. The number of nitrogens with zero attached hydrogens (tertiary/aromatic N) is 9. The normalized spacial score (nSPS) is 34.4. The van der Waals surface area contributed by atoms with Crippen LogP contribution in [0.25, 0.3) is 33.1 Å². The summed E-state index contributed by atoms with van der Waals surface area (Å²) in [6.07, 6.45) is -1.40. The molecule has 17 rings (SSSR count). The Bertz CT molecular complexity index is 5610. The molecule has 4 amide bonds. The van der Waals surface area contributed by atoms with E-state index in [2.05, 4.69) is 35.2 Å². The molecule has 5 saturated carbocycles. The molecule has 8 fully saturated rings. The minimum absolute atomic E-state index is 0. The topological polar surface area (TPSA) is 336 Å². The van der Waals surface area contributed by atoms with Gasteiger partial charge in [-0.25, -0.2) is 53.6 Å². The summed E-state index contributed by atoms with van der Waals surface area (Å²) in [5.74, 6) is -8.21. The summed E-state index contributed by atoms with van der Waals surface area (Å²) in [5.41, 5.74) is -1.85. The number of hydrogen-bond donors (Lipinski definition) is 1. The molecule has 131 heavy (non-hydrogen) atoms. The second kappa shape index (κ2) is 41.1. The van der Waals surface area contributed by atoms with Crippen molar-refractivity contribution in [2.75, 3.05) is 41.0 Å². The molecule has 0 spiro atoms. The molecule has 6 aromatic rings. The second-order valence-electron chi connectivity index (χ2n) is 40.2. The Kier molecular flexibility index (Phi) is 28.4. The molecule has 4 unspecified atom stereocenters. The number of amides is 4. The summed E-state index contributed by atoms with van der Waals surface area (Å²) >= 11 is 0. The van der Waals surface area contributed by atoms with Crippen LogP contribution in [0.15, 0.2) is 54.6 Å². The Labute approximate surface area is 813 Å². The average molecular weight is 1930 g/mol. The Morgan fingerprint density at radius 2 is 0.977 bits per heavy atom. The fraction of sp³-hybridized carbons (Fsp3) is 0.663. The smallest absolute Gasteiger partial charge is 0.408 e. The van der Waals surface area contributed by atoms with Crippen molar-refractivity contribution < 1.29 is 161 Å². The largest absolute Gasteiger partial charge is 0.540 e. The number of hydrogen-bond acceptors (Lipinski definition) is 24. The van der Waals surface area contributed by atoms with Crippen LogP contribution in [0, 0.1) is 87.3 Å². The zero-order valence-electron chi connectivity index (χ0n) is 85.2. The SMILES string of the molecule is CC[C@@H]1[C@@H]2CN(C(=O)[C@H](C(C)(C)C)NC(=O)O[C@@H]3CC4CC4[C@H]3CCC3CC3C(F)(F)c3nc4ccc(OC)cc4nc3O2)[C@@H]1[C-]=O.[2H]C1([2H])CCC[C@@H]2C[C@@]2(C)OC(=O)C[C@@H](C(C)(C)C)C(=O)N2C[C@H](Oc3nc4cc(OC)ccc4nc3C1([2H])[2H])[C@@H](C)[C@H]2[C-]=O.[2H]C1([2H])CCC[C@@H]2C[C@H]2OC(=O)C[C@@H](C(C)(C)C)C(=O)N2C[C@H](Oc3nc4cc(OC)ccc4nc3C1([2H])[2H])[C@@H](C)[C@H]2[C-]=O.[V].[V].[V]. The van der Waals surface area contributed by atoms with Crippen LogP contribution in [0.4, 0.5) is 13.6 Å². The molecule has 707 valence electrons. The van der Waals surface area contributed by atoms with Gasteiger partial charge in [0.25, 0.3) is 5.92 Å². The van der Waals surface area contributed by atoms with Gasteiger partial charge >= 0.3 is 18.0 Å². The van der Waals surface area contributed by atoms with E-state index in [0.717, 1.165) is 12.8 Å². The first-order valence-electron chi connectivity index (χ1n) is 49.2. The third kappa shape index (κ3) is 22.3. The summed E-state index contributed by atoms with van der Waals surface area (Å²) < 4.78 is 157. The van der Waals surface area contributed by atoms with Gasteiger partial charge in [0.05, 0.1) is 98.7 Å². The predicted octanol–water partition coefficient (Wildman–Crippen LogP) is 14.7. The van der Waals surface area contributed by atoms with E-state index in [-0.39, 0.29) is 171 Å². The molecule has 5 aliphatic carbocycles. The molecule has 11 aliphatic rings. The molecule has 1 N–H and O–H groups in total. The van der Waals surface area contributed by atoms with E-state index in [1.165, 1.54) is 36.0 Å². The van der Waals surface area contributed by atoms with Crippen molar-refractivity contribution in [3.63, 3.8) is 0 Å². The maximum absolute atomic E-state index is 16.5. The quantitative estimate of drug-likeness (QED) is 0.0881. The Morgan fingerprint density at radius 3 is 1.47 bits per heavy atom. The van der Waals surface area contributed by atoms with Crippen molar-refractivity contribution in [2.45, 2.75) is 284 Å². The van der Waals surface area contributed by atoms with Crippen LogP contribution in [-0.2, 0) is 127 Å². The molecular formula is C98H125F2N10O18V3-3. The van der Waals surface area contributed by atoms with Crippen molar-refractivity contribution >= 4 is 87.7 Å². The van der Waals surface area contributed by atoms with Gasteiger partial charge in [-0.2, -0.15) is 8.78 Å². The predicted molar refractivity (Wildman–Crippen MR) is 468 cm³/mol. The number of ether oxygens (including phenoxy) is 9. The van der Waals surface area contributed by atoms with Crippen LogP contribution in [0.3, 0.4) is 0 Å². The minimum Gasteiger partial charge on any atom is -0.540 e. The number of rotatable bonds is 7. The molecule has 3 aromatic heterocycles. The average Bonchev–Trinajstić information content (AvgIpc) is 1.63. The first-order valence-corrected chi connectivity index (χ1v) is 45.2. The monoisotopic (exact) mass is 1930 g/mol. The fourth-order valence-electron chi connectivity index (χ4n) is 20.0. The zero-order valence-corrected chi connectivity index (χ0v) is 81.4. The number of halogens is 2. The standard InChI is InChI=1S/C35H43F2N4O6.C32H42N3O6.C31H40N3O6.3V/c1-6-20-26(16-42)41-15-28(20)46-31-29(38-24-10-8-19(45-5)14-25(24)39-31)35(36,37)23-12-17(23)7-9-21-22-11-18(22)13-27(21)47-33(44)40-30(32(41)43)34(2,3)4;1-19-26(18-36)35-17-27(19)40-29-24(33-23-13-12-21(39-6)14-25(23)34-29)11-9-7-8-10-20-16-32(20,5)41-28(37)15-22(30(35)38)31(2,3)4;1-18-25(17-35)34-16-27(18)40-29-23(32-22-12-11-20(38-5)14-24(22)33-29)10-8-6-7-9-19-13-26(19)39-28(36)15-21(30(34)37)31(2,3)4;;;/h8,10,14,17-18,20-23,26-28,30H,6-7,9,11-13,15H2,1-5H3,(H,40,44);12-14,19-20,22,26-27H,7-11,15-17H2,1-6H3;11-12,14,18-19,21,25-27H,6-10,13,15-16H2,1-5H3;;;/q3*-1;;;/t17?,18?,20-,21+,22?,23?,26+,27+,28-,30+;19-,20+,22+,26+,27-,32+;18-,19+,21+,25+,26+,27-;;;/m000.../s1/i;9D2,11D2;8D2,10D2;;;. The van der Waals surface area contributed by atoms with Gasteiger partial charge in [-0.15, -0.1) is 0 Å². The van der Waals surface area contributed by atoms with Crippen molar-refractivity contribution in [2.24, 2.45) is 87.3 Å². The zero-order chi connectivity index (χ0) is 98.7. The molecular weight excluding hydrogens is 1800 g/mol. The number of alkyl carbamates (subject to hydrolysis) is 1. The van der Waals surface area contributed by atoms with Crippen molar-refractivity contribution in [1.82, 2.24) is 49.9 Å². The summed E-state index contributed by atoms with van der Waals surface area (Å²) in [7, 11) is 4.51. The van der Waals surface area contributed by atoms with E-state index in [1.54, 1.807) is 68.4 Å². The van der Waals surface area contributed by atoms with Crippen LogP contribution in [-0.4, -0.2) is 200 Å². The summed E-state index contributed by atoms with van der Waals surface area (Å²) in [6.45, 7) is 23.7. The van der Waals surface area contributed by atoms with E-state index in [0.29, 0.717) is 121 Å². The van der Waals surface area contributed by atoms with Gasteiger partial charge in [0.1, 0.15) is 70.8 Å². The van der Waals surface area contributed by atoms with Crippen LogP contribution in [0.5, 0.6) is 34.9 Å². The molecule has 28 nitrogen and oxygen atoms in total. The first-order chi connectivity index (χ1) is 63.8. The Morgan fingerprint density at radius 1 is 0.504 bits per heavy atom. The summed E-state index contributed by atoms with van der Waals surface area (Å²) in [4.78, 5) is 150. The van der Waals surface area contributed by atoms with Crippen molar-refractivity contribution in [3.8, 4) is 34.9 Å². The van der Waals surface area contributed by atoms with Crippen LogP contribution in [0.1, 0.15) is 234 Å². The molecule has 3 radical (unpaired) electrons. The molecule has 9 heterocycles. The molecule has 3 aromatic carbocycles. The molecule has 6 bridgehead atoms. The number of aromatic nitrogens is 6. The molecule has 22 atom stereocenters. The van der Waals surface area contributed by atoms with Crippen LogP contribution < -0.4 is 33.7 Å². The Hall–Kier alpha value is -8.28. The number of aryl methyl sites for hydroxylation is 2. The van der Waals surface area contributed by atoms with Crippen LogP contribution in [0.2, 0.25) is 0 Å². The van der Waals surface area contributed by atoms with Crippen molar-refractivity contribution in [1.29, 1.82) is 0 Å². The summed E-state index contributed by atoms with van der Waals surface area (Å²) in [6, 6.07) is 10.7. The minimum atomic E-state index is -3.33. The van der Waals surface area contributed by atoms with Gasteiger partial charge in [-0.1, -0.05) is 133 Å². The van der Waals surface area contributed by atoms with E-state index in [9.17, 15) is 43.2 Å². The van der Waals surface area contributed by atoms with Crippen LogP contribution >= 0.6 is 0 Å². The number of fused-ring (bicyclic) bond motifs is 18. The second-order valence-corrected chi connectivity index (χ2v) is 40.2. The number of carbonyl (C=O) groups is 6. The molecule has 3 saturated heterocycles. The van der Waals surface area contributed by atoms with Gasteiger partial charge in [-0.3, -0.25) is 24.0 Å². The third-order valence-electron chi connectivity index (χ3n) is 28.3. The Balaban J connectivity index is 0.000000185. The molecule has 6 aliphatic heterocycles. The van der Waals surface area contributed by atoms with Gasteiger partial charge in [0, 0.05) is 96.7 Å². The number of nitrogens with one attached hydrogen (secondary N) is 1. The number of carbonyl (C=O) groups excluding carboxylic acids is 9. The number of benzene rings is 3. The van der Waals surface area contributed by atoms with E-state index >= 15 is 8.78 Å².